The molecule has 1 saturated carbocycles. The highest BCUT2D eigenvalue weighted by atomic mass is 16.5. The van der Waals surface area contributed by atoms with Gasteiger partial charge in [0.25, 0.3) is 5.91 Å². The molecular weight excluding hydrogens is 326 g/mol. The monoisotopic (exact) mass is 351 g/mol. The Morgan fingerprint density at radius 3 is 2.19 bits per heavy atom. The number of carbonyl (C=O) groups is 2. The summed E-state index contributed by atoms with van der Waals surface area (Å²) in [5.74, 6) is -0.570. The number of esters is 1. The predicted molar refractivity (Wildman–Crippen MR) is 101 cm³/mol. The third-order valence-electron chi connectivity index (χ3n) is 5.03. The lowest BCUT2D eigenvalue weighted by Gasteiger charge is -2.35. The van der Waals surface area contributed by atoms with Crippen molar-refractivity contribution in [3.8, 4) is 0 Å². The number of benzene rings is 2. The van der Waals surface area contributed by atoms with Crippen LogP contribution in [0.3, 0.4) is 0 Å². The summed E-state index contributed by atoms with van der Waals surface area (Å²) in [5.41, 5.74) is 1.84. The number of carbonyl (C=O) groups excluding carboxylic acids is 2. The highest BCUT2D eigenvalue weighted by molar-refractivity contribution is 6.05. The molecule has 2 aromatic rings. The molecule has 0 unspecified atom stereocenters. The number of hydrogen-bond donors (Lipinski definition) is 0. The Morgan fingerprint density at radius 2 is 1.54 bits per heavy atom. The molecule has 0 bridgehead atoms. The first kappa shape index (κ1) is 18.2. The van der Waals surface area contributed by atoms with Crippen LogP contribution in [0.4, 0.5) is 0 Å². The Kier molecular flexibility index (Phi) is 6.05. The summed E-state index contributed by atoms with van der Waals surface area (Å²) in [7, 11) is 1.34. The van der Waals surface area contributed by atoms with Gasteiger partial charge in [0.1, 0.15) is 0 Å². The van der Waals surface area contributed by atoms with Crippen LogP contribution in [0.15, 0.2) is 54.6 Å². The highest BCUT2D eigenvalue weighted by Gasteiger charge is 2.29. The van der Waals surface area contributed by atoms with Crippen molar-refractivity contribution in [3.05, 3.63) is 71.3 Å². The zero-order valence-electron chi connectivity index (χ0n) is 15.2. The van der Waals surface area contributed by atoms with Crippen LogP contribution in [0.25, 0.3) is 0 Å². The first-order valence-corrected chi connectivity index (χ1v) is 9.23. The van der Waals surface area contributed by atoms with E-state index >= 15 is 0 Å². The Hall–Kier alpha value is -2.62. The largest absolute Gasteiger partial charge is 0.465 e. The van der Waals surface area contributed by atoms with Crippen LogP contribution in [0.5, 0.6) is 0 Å². The Balaban J connectivity index is 1.93. The van der Waals surface area contributed by atoms with Gasteiger partial charge in [0.15, 0.2) is 0 Å². The van der Waals surface area contributed by atoms with Gasteiger partial charge >= 0.3 is 5.97 Å². The second-order valence-electron chi connectivity index (χ2n) is 6.75. The highest BCUT2D eigenvalue weighted by Crippen LogP contribution is 2.26. The molecule has 2 aromatic carbocycles. The van der Waals surface area contributed by atoms with Crippen LogP contribution < -0.4 is 0 Å². The molecule has 4 heteroatoms. The molecule has 0 radical (unpaired) electrons. The zero-order valence-corrected chi connectivity index (χ0v) is 15.2. The maximum absolute atomic E-state index is 13.4. The van der Waals surface area contributed by atoms with Crippen LogP contribution in [-0.4, -0.2) is 29.9 Å². The fourth-order valence-electron chi connectivity index (χ4n) is 3.65. The fourth-order valence-corrected chi connectivity index (χ4v) is 3.65. The molecule has 0 heterocycles. The van der Waals surface area contributed by atoms with E-state index in [0.717, 1.165) is 31.2 Å². The second-order valence-corrected chi connectivity index (χ2v) is 6.75. The van der Waals surface area contributed by atoms with E-state index in [1.165, 1.54) is 13.5 Å². The average molecular weight is 351 g/mol. The van der Waals surface area contributed by atoms with Crippen molar-refractivity contribution in [1.82, 2.24) is 4.90 Å². The Morgan fingerprint density at radius 1 is 0.923 bits per heavy atom. The number of methoxy groups -OCH3 is 1. The van der Waals surface area contributed by atoms with Crippen molar-refractivity contribution >= 4 is 11.9 Å². The number of amides is 1. The molecule has 136 valence electrons. The lowest BCUT2D eigenvalue weighted by molar-refractivity contribution is 0.0564. The lowest BCUT2D eigenvalue weighted by atomic mass is 9.93. The summed E-state index contributed by atoms with van der Waals surface area (Å²) in [6.45, 7) is 0.555. The van der Waals surface area contributed by atoms with Crippen LogP contribution in [0.1, 0.15) is 58.4 Å². The van der Waals surface area contributed by atoms with Gasteiger partial charge in [-0.15, -0.1) is 0 Å². The molecular formula is C22H25NO3. The van der Waals surface area contributed by atoms with Crippen molar-refractivity contribution in [2.24, 2.45) is 0 Å². The summed E-state index contributed by atoms with van der Waals surface area (Å²) in [4.78, 5) is 27.5. The van der Waals surface area contributed by atoms with E-state index in [4.69, 9.17) is 4.74 Å². The third-order valence-corrected chi connectivity index (χ3v) is 5.03. The quantitative estimate of drug-likeness (QED) is 0.748. The summed E-state index contributed by atoms with van der Waals surface area (Å²) >= 11 is 0. The number of rotatable bonds is 5. The van der Waals surface area contributed by atoms with Crippen LogP contribution >= 0.6 is 0 Å². The van der Waals surface area contributed by atoms with E-state index in [-0.39, 0.29) is 11.9 Å². The summed E-state index contributed by atoms with van der Waals surface area (Å²) < 4.78 is 4.86. The van der Waals surface area contributed by atoms with Crippen molar-refractivity contribution in [2.75, 3.05) is 7.11 Å². The lowest BCUT2D eigenvalue weighted by Crippen LogP contribution is -2.41. The van der Waals surface area contributed by atoms with Gasteiger partial charge in [-0.3, -0.25) is 4.79 Å². The van der Waals surface area contributed by atoms with E-state index in [9.17, 15) is 9.59 Å². The molecule has 4 nitrogen and oxygen atoms in total. The van der Waals surface area contributed by atoms with E-state index in [1.807, 2.05) is 35.2 Å². The molecule has 0 saturated heterocycles. The van der Waals surface area contributed by atoms with E-state index < -0.39 is 5.97 Å². The molecule has 1 aliphatic carbocycles. The second kappa shape index (κ2) is 8.65. The standard InChI is InChI=1S/C22H25NO3/c1-26-22(25)20-15-9-8-14-19(20)21(24)23(18-12-6-3-7-13-18)16-17-10-4-2-5-11-17/h2,4-5,8-11,14-15,18H,3,6-7,12-13,16H2,1H3. The smallest absolute Gasteiger partial charge is 0.338 e. The van der Waals surface area contributed by atoms with Crippen molar-refractivity contribution < 1.29 is 14.3 Å². The molecule has 1 fully saturated rings. The van der Waals surface area contributed by atoms with Gasteiger partial charge in [-0.2, -0.15) is 0 Å². The summed E-state index contributed by atoms with van der Waals surface area (Å²) in [6.07, 6.45) is 5.53. The Labute approximate surface area is 154 Å². The molecule has 26 heavy (non-hydrogen) atoms. The summed E-state index contributed by atoms with van der Waals surface area (Å²) in [5, 5.41) is 0. The topological polar surface area (TPSA) is 46.6 Å². The minimum Gasteiger partial charge on any atom is -0.465 e. The van der Waals surface area contributed by atoms with Crippen molar-refractivity contribution in [3.63, 3.8) is 0 Å². The SMILES string of the molecule is COC(=O)c1ccccc1C(=O)N(Cc1ccccc1)C1CCCCC1. The zero-order chi connectivity index (χ0) is 18.4. The molecule has 1 aliphatic rings. The number of hydrogen-bond acceptors (Lipinski definition) is 3. The number of nitrogens with zero attached hydrogens (tertiary/aromatic N) is 1. The maximum atomic E-state index is 13.4. The van der Waals surface area contributed by atoms with Crippen molar-refractivity contribution in [2.45, 2.75) is 44.7 Å². The average Bonchev–Trinajstić information content (AvgIpc) is 2.72. The van der Waals surface area contributed by atoms with E-state index in [2.05, 4.69) is 0 Å². The first-order valence-electron chi connectivity index (χ1n) is 9.23. The van der Waals surface area contributed by atoms with Gasteiger partial charge in [0.05, 0.1) is 18.2 Å². The van der Waals surface area contributed by atoms with Gasteiger partial charge < -0.3 is 9.64 Å². The van der Waals surface area contributed by atoms with Crippen LogP contribution in [0, 0.1) is 0 Å². The summed E-state index contributed by atoms with van der Waals surface area (Å²) in [6, 6.07) is 17.2. The number of ether oxygens (including phenoxy) is 1. The molecule has 1 amide bonds. The first-order chi connectivity index (χ1) is 12.7. The normalized spacial score (nSPS) is 14.7. The molecule has 3 rings (SSSR count). The predicted octanol–water partition coefficient (Wildman–Crippen LogP) is 4.45. The minimum atomic E-state index is -0.475. The van der Waals surface area contributed by atoms with Gasteiger partial charge in [-0.05, 0) is 30.5 Å². The third kappa shape index (κ3) is 4.13. The minimum absolute atomic E-state index is 0.0956. The molecule has 0 aliphatic heterocycles. The van der Waals surface area contributed by atoms with Crippen LogP contribution in [-0.2, 0) is 11.3 Å². The van der Waals surface area contributed by atoms with Crippen LogP contribution in [0.2, 0.25) is 0 Å². The van der Waals surface area contributed by atoms with Gasteiger partial charge in [-0.25, -0.2) is 4.79 Å². The molecule has 0 N–H and O–H groups in total. The Bertz CT molecular complexity index is 751. The van der Waals surface area contributed by atoms with E-state index in [0.29, 0.717) is 17.7 Å². The maximum Gasteiger partial charge on any atom is 0.338 e. The van der Waals surface area contributed by atoms with Gasteiger partial charge in [-0.1, -0.05) is 61.7 Å². The fraction of sp³-hybridized carbons (Fsp3) is 0.364. The molecule has 0 spiro atoms. The molecule has 0 atom stereocenters. The van der Waals surface area contributed by atoms with Gasteiger partial charge in [0, 0.05) is 12.6 Å². The molecule has 0 aromatic heterocycles. The van der Waals surface area contributed by atoms with Crippen molar-refractivity contribution in [1.29, 1.82) is 0 Å². The van der Waals surface area contributed by atoms with E-state index in [1.54, 1.807) is 24.3 Å². The van der Waals surface area contributed by atoms with Gasteiger partial charge in [0.2, 0.25) is 0 Å².